The summed E-state index contributed by atoms with van der Waals surface area (Å²) in [5, 5.41) is 8.41. The van der Waals surface area contributed by atoms with E-state index in [0.29, 0.717) is 0 Å². The molecule has 3 nitrogen and oxygen atoms in total. The smallest absolute Gasteiger partial charge is 0.337 e. The Balaban J connectivity index is 3.15. The second kappa shape index (κ2) is 2.26. The van der Waals surface area contributed by atoms with Gasteiger partial charge in [0.2, 0.25) is 0 Å². The molecule has 0 saturated carbocycles. The van der Waals surface area contributed by atoms with Crippen molar-refractivity contribution < 1.29 is 11.3 Å². The molecule has 0 bridgehead atoms. The third-order valence-corrected chi connectivity index (χ3v) is 0.833. The Morgan fingerprint density at radius 2 is 2.67 bits per heavy atom. The van der Waals surface area contributed by atoms with Crippen LogP contribution in [0.25, 0.3) is 0 Å². The minimum Gasteiger partial charge on any atom is -0.478 e. The van der Waals surface area contributed by atoms with Crippen LogP contribution in [0.2, 0.25) is 0 Å². The highest BCUT2D eigenvalue weighted by Crippen LogP contribution is 1.92. The van der Waals surface area contributed by atoms with Gasteiger partial charge in [-0.1, -0.05) is 0 Å². The van der Waals surface area contributed by atoms with Crippen LogP contribution in [0.15, 0.2) is 24.5 Å². The van der Waals surface area contributed by atoms with Gasteiger partial charge < -0.3 is 5.11 Å². The zero-order chi connectivity index (χ0) is 7.56. The Morgan fingerprint density at radius 1 is 1.89 bits per heavy atom. The quantitative estimate of drug-likeness (QED) is 0.601. The summed E-state index contributed by atoms with van der Waals surface area (Å²) in [6.45, 7) is 0. The number of carboxylic acids is 1. The van der Waals surface area contributed by atoms with Gasteiger partial charge in [-0.15, -0.1) is 0 Å². The second-order valence-electron chi connectivity index (χ2n) is 1.46. The standard InChI is InChI=1S/C6H5NO2/c8-6(9)5-2-1-3-7-4-5/h1-4H,(H,8,9)/i2D. The van der Waals surface area contributed by atoms with Crippen molar-refractivity contribution >= 4 is 5.97 Å². The van der Waals surface area contributed by atoms with E-state index in [4.69, 9.17) is 6.48 Å². The normalized spacial score (nSPS) is 10.4. The zero-order valence-electron chi connectivity index (χ0n) is 5.53. The third-order valence-electron chi connectivity index (χ3n) is 0.833. The van der Waals surface area contributed by atoms with Crippen molar-refractivity contribution in [3.63, 3.8) is 0 Å². The van der Waals surface area contributed by atoms with Crippen molar-refractivity contribution in [2.75, 3.05) is 0 Å². The van der Waals surface area contributed by atoms with Crippen molar-refractivity contribution in [1.82, 2.24) is 4.98 Å². The molecule has 3 heteroatoms. The van der Waals surface area contributed by atoms with Gasteiger partial charge in [0.05, 0.1) is 6.93 Å². The van der Waals surface area contributed by atoms with Crippen molar-refractivity contribution in [2.24, 2.45) is 0 Å². The molecule has 0 aromatic carbocycles. The topological polar surface area (TPSA) is 50.2 Å². The molecule has 0 aliphatic rings. The van der Waals surface area contributed by atoms with Gasteiger partial charge in [-0.3, -0.25) is 4.98 Å². The lowest BCUT2D eigenvalue weighted by Crippen LogP contribution is -1.94. The van der Waals surface area contributed by atoms with Crippen LogP contribution in [0.4, 0.5) is 0 Å². The van der Waals surface area contributed by atoms with Gasteiger partial charge in [0.15, 0.2) is 0 Å². The molecule has 1 aromatic heterocycles. The molecule has 1 heterocycles. The average Bonchev–Trinajstić information content (AvgIpc) is 1.88. The predicted molar refractivity (Wildman–Crippen MR) is 31.2 cm³/mol. The monoisotopic (exact) mass is 124 g/mol. The summed E-state index contributed by atoms with van der Waals surface area (Å²) < 4.78 is 7.08. The number of pyridine rings is 1. The van der Waals surface area contributed by atoms with E-state index in [2.05, 4.69) is 4.98 Å². The first-order valence-corrected chi connectivity index (χ1v) is 2.35. The summed E-state index contributed by atoms with van der Waals surface area (Å²) in [5.74, 6) is -1.11. The predicted octanol–water partition coefficient (Wildman–Crippen LogP) is 0.780. The maximum absolute atomic E-state index is 10.3. The molecular formula is C6H5NO2. The SMILES string of the molecule is [2H]c1ccncc1C(=O)O. The first kappa shape index (κ1) is 4.49. The van der Waals surface area contributed by atoms with Crippen LogP contribution in [0.1, 0.15) is 11.7 Å². The van der Waals surface area contributed by atoms with Crippen LogP contribution in [0.3, 0.4) is 0 Å². The Labute approximate surface area is 53.4 Å². The van der Waals surface area contributed by atoms with E-state index >= 15 is 0 Å². The number of aromatic nitrogens is 1. The lowest BCUT2D eigenvalue weighted by atomic mass is 10.3. The minimum atomic E-state index is -1.11. The van der Waals surface area contributed by atoms with Crippen molar-refractivity contribution in [3.05, 3.63) is 30.1 Å². The van der Waals surface area contributed by atoms with Crippen molar-refractivity contribution in [1.29, 1.82) is 0 Å². The van der Waals surface area contributed by atoms with Crippen LogP contribution < -0.4 is 0 Å². The number of hydrogen-bond donors (Lipinski definition) is 1. The molecule has 1 rings (SSSR count). The Bertz CT molecular complexity index is 262. The van der Waals surface area contributed by atoms with E-state index < -0.39 is 5.97 Å². The number of nitrogens with zero attached hydrogens (tertiary/aromatic N) is 1. The molecule has 0 aliphatic heterocycles. The molecule has 46 valence electrons. The van der Waals surface area contributed by atoms with Gasteiger partial charge in [-0.25, -0.2) is 4.79 Å². The van der Waals surface area contributed by atoms with E-state index in [9.17, 15) is 4.79 Å². The second-order valence-corrected chi connectivity index (χ2v) is 1.46. The fraction of sp³-hybridized carbons (Fsp3) is 0. The van der Waals surface area contributed by atoms with Gasteiger partial charge in [0.25, 0.3) is 0 Å². The van der Waals surface area contributed by atoms with E-state index in [1.165, 1.54) is 12.3 Å². The summed E-state index contributed by atoms with van der Waals surface area (Å²) in [6, 6.07) is 1.33. The largest absolute Gasteiger partial charge is 0.478 e. The van der Waals surface area contributed by atoms with E-state index in [1.807, 2.05) is 0 Å². The zero-order valence-corrected chi connectivity index (χ0v) is 4.53. The van der Waals surface area contributed by atoms with Crippen LogP contribution in [-0.2, 0) is 0 Å². The number of carbonyl (C=O) groups is 1. The number of rotatable bonds is 1. The summed E-state index contributed by atoms with van der Waals surface area (Å²) in [6.07, 6.45) is 2.54. The molecule has 0 amide bonds. The Kier molecular flexibility index (Phi) is 1.13. The summed E-state index contributed by atoms with van der Waals surface area (Å²) in [4.78, 5) is 13.8. The minimum absolute atomic E-state index is 0.0116. The van der Waals surface area contributed by atoms with Crippen molar-refractivity contribution in [3.8, 4) is 0 Å². The van der Waals surface area contributed by atoms with E-state index in [1.54, 1.807) is 0 Å². The summed E-state index contributed by atoms with van der Waals surface area (Å²) in [5.41, 5.74) is -0.0671. The number of hydrogen-bond acceptors (Lipinski definition) is 2. The molecular weight excluding hydrogens is 118 g/mol. The molecule has 0 fully saturated rings. The van der Waals surface area contributed by atoms with Gasteiger partial charge in [0.1, 0.15) is 0 Å². The Hall–Kier alpha value is -1.38. The first-order valence-electron chi connectivity index (χ1n) is 2.85. The molecule has 0 spiro atoms. The first-order chi connectivity index (χ1) is 4.72. The molecule has 0 aliphatic carbocycles. The summed E-state index contributed by atoms with van der Waals surface area (Å²) >= 11 is 0. The lowest BCUT2D eigenvalue weighted by molar-refractivity contribution is 0.0696. The van der Waals surface area contributed by atoms with Crippen LogP contribution in [-0.4, -0.2) is 16.1 Å². The van der Waals surface area contributed by atoms with E-state index in [-0.39, 0.29) is 11.6 Å². The molecule has 1 N–H and O–H groups in total. The van der Waals surface area contributed by atoms with Gasteiger partial charge >= 0.3 is 5.97 Å². The molecule has 9 heavy (non-hydrogen) atoms. The Morgan fingerprint density at radius 3 is 3.11 bits per heavy atom. The molecule has 1 aromatic rings. The third kappa shape index (κ3) is 1.25. The summed E-state index contributed by atoms with van der Waals surface area (Å²) in [7, 11) is 0. The highest BCUT2D eigenvalue weighted by Gasteiger charge is 1.97. The average molecular weight is 124 g/mol. The van der Waals surface area contributed by atoms with E-state index in [0.717, 1.165) is 6.20 Å². The van der Waals surface area contributed by atoms with Crippen LogP contribution in [0, 0.1) is 0 Å². The van der Waals surface area contributed by atoms with Gasteiger partial charge in [-0.05, 0) is 12.1 Å². The van der Waals surface area contributed by atoms with Gasteiger partial charge in [-0.2, -0.15) is 0 Å². The fourth-order valence-corrected chi connectivity index (χ4v) is 0.442. The molecule has 0 atom stereocenters. The maximum Gasteiger partial charge on any atom is 0.337 e. The fourth-order valence-electron chi connectivity index (χ4n) is 0.442. The number of carboxylic acid groups (broad SMARTS) is 1. The molecule has 0 radical (unpaired) electrons. The maximum atomic E-state index is 10.3. The molecule has 0 saturated heterocycles. The highest BCUT2D eigenvalue weighted by atomic mass is 16.4. The number of aromatic carboxylic acids is 1. The van der Waals surface area contributed by atoms with Gasteiger partial charge in [0, 0.05) is 12.4 Å². The molecule has 0 unspecified atom stereocenters. The lowest BCUT2D eigenvalue weighted by Gasteiger charge is -1.87. The van der Waals surface area contributed by atoms with Crippen LogP contribution >= 0.6 is 0 Å². The van der Waals surface area contributed by atoms with Crippen LogP contribution in [0.5, 0.6) is 0 Å². The highest BCUT2D eigenvalue weighted by molar-refractivity contribution is 5.86. The van der Waals surface area contributed by atoms with Crippen molar-refractivity contribution in [2.45, 2.75) is 0 Å².